The standard InChI is InChI=1S/C14H16BrNO2/c1-9-10-7-5-6-8-11(10)16(12(9)15)13(17)18-14(2,3)4/h5-8H,1-4H3. The van der Waals surface area contributed by atoms with Crippen LogP contribution in [-0.2, 0) is 4.74 Å². The first kappa shape index (κ1) is 13.1. The molecule has 4 heteroatoms. The summed E-state index contributed by atoms with van der Waals surface area (Å²) >= 11 is 3.46. The fourth-order valence-electron chi connectivity index (χ4n) is 1.86. The molecule has 1 heterocycles. The molecule has 0 spiro atoms. The molecule has 0 aliphatic heterocycles. The Morgan fingerprint density at radius 2 is 1.89 bits per heavy atom. The van der Waals surface area contributed by atoms with Crippen molar-refractivity contribution in [2.24, 2.45) is 0 Å². The van der Waals surface area contributed by atoms with Crippen LogP contribution in [0, 0.1) is 6.92 Å². The van der Waals surface area contributed by atoms with Crippen LogP contribution in [0.3, 0.4) is 0 Å². The first-order valence-corrected chi connectivity index (χ1v) is 6.59. The van der Waals surface area contributed by atoms with Gasteiger partial charge in [-0.25, -0.2) is 9.36 Å². The summed E-state index contributed by atoms with van der Waals surface area (Å²) in [4.78, 5) is 12.2. The van der Waals surface area contributed by atoms with Gasteiger partial charge in [0.2, 0.25) is 0 Å². The predicted molar refractivity (Wildman–Crippen MR) is 76.0 cm³/mol. The molecule has 0 unspecified atom stereocenters. The van der Waals surface area contributed by atoms with Crippen molar-refractivity contribution in [3.63, 3.8) is 0 Å². The van der Waals surface area contributed by atoms with Gasteiger partial charge in [0.05, 0.1) is 10.1 Å². The van der Waals surface area contributed by atoms with Gasteiger partial charge in [-0.15, -0.1) is 0 Å². The summed E-state index contributed by atoms with van der Waals surface area (Å²) in [5.74, 6) is 0. The molecule has 0 bridgehead atoms. The van der Waals surface area contributed by atoms with Crippen molar-refractivity contribution in [1.82, 2.24) is 4.57 Å². The van der Waals surface area contributed by atoms with Crippen LogP contribution in [0.4, 0.5) is 4.79 Å². The molecule has 2 aromatic rings. The molecule has 1 aromatic heterocycles. The molecule has 0 amide bonds. The fourth-order valence-corrected chi connectivity index (χ4v) is 2.41. The van der Waals surface area contributed by atoms with Gasteiger partial charge >= 0.3 is 6.09 Å². The molecule has 1 aromatic carbocycles. The van der Waals surface area contributed by atoms with E-state index in [1.54, 1.807) is 4.57 Å². The number of aromatic nitrogens is 1. The zero-order chi connectivity index (χ0) is 13.5. The van der Waals surface area contributed by atoms with E-state index in [2.05, 4.69) is 15.9 Å². The van der Waals surface area contributed by atoms with Crippen LogP contribution < -0.4 is 0 Å². The van der Waals surface area contributed by atoms with Gasteiger partial charge in [-0.05, 0) is 55.3 Å². The van der Waals surface area contributed by atoms with Crippen molar-refractivity contribution >= 4 is 32.9 Å². The summed E-state index contributed by atoms with van der Waals surface area (Å²) in [6.07, 6.45) is -0.362. The quantitative estimate of drug-likeness (QED) is 0.717. The molecule has 0 saturated heterocycles. The van der Waals surface area contributed by atoms with Crippen LogP contribution in [0.2, 0.25) is 0 Å². The Kier molecular flexibility index (Phi) is 3.23. The highest BCUT2D eigenvalue weighted by Crippen LogP contribution is 2.30. The molecule has 18 heavy (non-hydrogen) atoms. The Balaban J connectivity index is 2.58. The van der Waals surface area contributed by atoms with E-state index >= 15 is 0 Å². The second-order valence-electron chi connectivity index (χ2n) is 5.25. The van der Waals surface area contributed by atoms with Gasteiger partial charge in [-0.1, -0.05) is 18.2 Å². The molecule has 3 nitrogen and oxygen atoms in total. The number of nitrogens with zero attached hydrogens (tertiary/aromatic N) is 1. The summed E-state index contributed by atoms with van der Waals surface area (Å²) in [7, 11) is 0. The number of para-hydroxylation sites is 1. The maximum absolute atomic E-state index is 12.2. The maximum Gasteiger partial charge on any atom is 0.419 e. The van der Waals surface area contributed by atoms with E-state index < -0.39 is 5.60 Å². The van der Waals surface area contributed by atoms with Gasteiger partial charge < -0.3 is 4.74 Å². The minimum atomic E-state index is -0.504. The molecule has 0 aliphatic rings. The monoisotopic (exact) mass is 309 g/mol. The second-order valence-corrected chi connectivity index (χ2v) is 6.00. The average Bonchev–Trinajstić information content (AvgIpc) is 2.50. The van der Waals surface area contributed by atoms with Crippen molar-refractivity contribution in [3.8, 4) is 0 Å². The van der Waals surface area contributed by atoms with Crippen LogP contribution >= 0.6 is 15.9 Å². The molecule has 0 aliphatic carbocycles. The van der Waals surface area contributed by atoms with Crippen LogP contribution in [0.5, 0.6) is 0 Å². The third kappa shape index (κ3) is 2.29. The lowest BCUT2D eigenvalue weighted by Crippen LogP contribution is -2.27. The van der Waals surface area contributed by atoms with E-state index in [9.17, 15) is 4.79 Å². The van der Waals surface area contributed by atoms with Crippen molar-refractivity contribution in [2.75, 3.05) is 0 Å². The van der Waals surface area contributed by atoms with E-state index in [-0.39, 0.29) is 6.09 Å². The van der Waals surface area contributed by atoms with Crippen LogP contribution in [-0.4, -0.2) is 16.3 Å². The van der Waals surface area contributed by atoms with Crippen LogP contribution in [0.15, 0.2) is 28.9 Å². The predicted octanol–water partition coefficient (Wildman–Crippen LogP) is 4.50. The lowest BCUT2D eigenvalue weighted by Gasteiger charge is -2.20. The summed E-state index contributed by atoms with van der Waals surface area (Å²) in [5.41, 5.74) is 1.39. The lowest BCUT2D eigenvalue weighted by atomic mass is 10.2. The highest BCUT2D eigenvalue weighted by atomic mass is 79.9. The number of carbonyl (C=O) groups is 1. The molecule has 0 atom stereocenters. The largest absolute Gasteiger partial charge is 0.443 e. The van der Waals surface area contributed by atoms with Gasteiger partial charge in [0.25, 0.3) is 0 Å². The number of benzene rings is 1. The molecule has 2 rings (SSSR count). The number of hydrogen-bond donors (Lipinski definition) is 0. The average molecular weight is 310 g/mol. The Bertz CT molecular complexity index is 608. The zero-order valence-corrected chi connectivity index (χ0v) is 12.5. The molecule has 0 fully saturated rings. The molecule has 0 N–H and O–H groups in total. The summed E-state index contributed by atoms with van der Waals surface area (Å²) in [6.45, 7) is 7.55. The minimum Gasteiger partial charge on any atom is -0.443 e. The number of hydrogen-bond acceptors (Lipinski definition) is 2. The second kappa shape index (κ2) is 4.43. The normalized spacial score (nSPS) is 11.8. The summed E-state index contributed by atoms with van der Waals surface area (Å²) in [5, 5.41) is 1.05. The zero-order valence-electron chi connectivity index (χ0n) is 11.0. The van der Waals surface area contributed by atoms with E-state index in [0.717, 1.165) is 21.1 Å². The van der Waals surface area contributed by atoms with Crippen molar-refractivity contribution < 1.29 is 9.53 Å². The molecule has 96 valence electrons. The Morgan fingerprint density at radius 3 is 2.50 bits per heavy atom. The number of rotatable bonds is 0. The van der Waals surface area contributed by atoms with Gasteiger partial charge in [-0.3, -0.25) is 0 Å². The number of fused-ring (bicyclic) bond motifs is 1. The molecular weight excluding hydrogens is 294 g/mol. The van der Waals surface area contributed by atoms with E-state index in [1.165, 1.54) is 0 Å². The Hall–Kier alpha value is -1.29. The maximum atomic E-state index is 12.2. The highest BCUT2D eigenvalue weighted by molar-refractivity contribution is 9.10. The summed E-state index contributed by atoms with van der Waals surface area (Å²) < 4.78 is 7.73. The van der Waals surface area contributed by atoms with E-state index in [4.69, 9.17) is 4.74 Å². The van der Waals surface area contributed by atoms with Gasteiger partial charge in [0.1, 0.15) is 5.60 Å². The van der Waals surface area contributed by atoms with Gasteiger partial charge in [0, 0.05) is 5.39 Å². The number of ether oxygens (including phenoxy) is 1. The lowest BCUT2D eigenvalue weighted by molar-refractivity contribution is 0.0541. The highest BCUT2D eigenvalue weighted by Gasteiger charge is 2.22. The fraction of sp³-hybridized carbons (Fsp3) is 0.357. The number of halogens is 1. The molecular formula is C14H16BrNO2. The first-order chi connectivity index (χ1) is 8.31. The topological polar surface area (TPSA) is 31.2 Å². The third-order valence-electron chi connectivity index (χ3n) is 2.63. The molecule has 0 radical (unpaired) electrons. The van der Waals surface area contributed by atoms with Crippen molar-refractivity contribution in [2.45, 2.75) is 33.3 Å². The first-order valence-electron chi connectivity index (χ1n) is 5.80. The van der Waals surface area contributed by atoms with E-state index in [1.807, 2.05) is 52.0 Å². The molecule has 0 saturated carbocycles. The minimum absolute atomic E-state index is 0.362. The van der Waals surface area contributed by atoms with Crippen LogP contribution in [0.25, 0.3) is 10.9 Å². The van der Waals surface area contributed by atoms with Crippen molar-refractivity contribution in [1.29, 1.82) is 0 Å². The van der Waals surface area contributed by atoms with Gasteiger partial charge in [0.15, 0.2) is 0 Å². The summed E-state index contributed by atoms with van der Waals surface area (Å²) in [6, 6.07) is 7.78. The third-order valence-corrected chi connectivity index (χ3v) is 3.58. The Labute approximate surface area is 115 Å². The van der Waals surface area contributed by atoms with Crippen molar-refractivity contribution in [3.05, 3.63) is 34.4 Å². The number of carbonyl (C=O) groups excluding carboxylic acids is 1. The van der Waals surface area contributed by atoms with Gasteiger partial charge in [-0.2, -0.15) is 0 Å². The SMILES string of the molecule is Cc1c(Br)n(C(=O)OC(C)(C)C)c2ccccc12. The van der Waals surface area contributed by atoms with E-state index in [0.29, 0.717) is 0 Å². The number of aryl methyl sites for hydroxylation is 1. The Morgan fingerprint density at radius 1 is 1.28 bits per heavy atom. The smallest absolute Gasteiger partial charge is 0.419 e. The van der Waals surface area contributed by atoms with Crippen LogP contribution in [0.1, 0.15) is 26.3 Å².